The summed E-state index contributed by atoms with van der Waals surface area (Å²) in [6.45, 7) is 3.22. The molecule has 0 fully saturated rings. The summed E-state index contributed by atoms with van der Waals surface area (Å²) in [4.78, 5) is -0.157. The van der Waals surface area contributed by atoms with Crippen molar-refractivity contribution in [2.24, 2.45) is 5.73 Å². The Morgan fingerprint density at radius 2 is 1.86 bits per heavy atom. The Kier molecular flexibility index (Phi) is 5.40. The van der Waals surface area contributed by atoms with E-state index in [9.17, 15) is 21.6 Å². The lowest BCUT2D eigenvalue weighted by Crippen LogP contribution is -2.43. The van der Waals surface area contributed by atoms with Crippen LogP contribution in [0.1, 0.15) is 25.0 Å². The molecule has 0 aliphatic carbocycles. The molecule has 0 spiro atoms. The number of hydrogen-bond donors (Lipinski definition) is 1. The van der Waals surface area contributed by atoms with Crippen LogP contribution in [0.4, 0.5) is 13.2 Å². The van der Waals surface area contributed by atoms with Gasteiger partial charge in [-0.3, -0.25) is 0 Å². The summed E-state index contributed by atoms with van der Waals surface area (Å²) in [7, 11) is -4.21. The first kappa shape index (κ1) is 17.9. The molecule has 8 heteroatoms. The fourth-order valence-corrected chi connectivity index (χ4v) is 3.62. The molecular formula is C13H19F3N2O2S. The van der Waals surface area contributed by atoms with Crippen LogP contribution in [0.25, 0.3) is 0 Å². The maximum Gasteiger partial charge on any atom is 0.402 e. The number of halogens is 3. The van der Waals surface area contributed by atoms with Gasteiger partial charge in [-0.1, -0.05) is 6.07 Å². The first-order valence-electron chi connectivity index (χ1n) is 6.37. The smallest absolute Gasteiger partial charge is 0.326 e. The number of benzene rings is 1. The van der Waals surface area contributed by atoms with Gasteiger partial charge in [0.05, 0.1) is 4.90 Å². The average molecular weight is 324 g/mol. The monoisotopic (exact) mass is 324 g/mol. The molecule has 0 aliphatic heterocycles. The van der Waals surface area contributed by atoms with Crippen molar-refractivity contribution in [3.63, 3.8) is 0 Å². The molecule has 0 saturated carbocycles. The molecule has 4 nitrogen and oxygen atoms in total. The number of alkyl halides is 3. The number of nitrogens with zero attached hydrogens (tertiary/aromatic N) is 1. The molecule has 1 rings (SSSR count). The van der Waals surface area contributed by atoms with Gasteiger partial charge in [0.15, 0.2) is 0 Å². The summed E-state index contributed by atoms with van der Waals surface area (Å²) < 4.78 is 63.0. The molecule has 0 bridgehead atoms. The van der Waals surface area contributed by atoms with E-state index in [4.69, 9.17) is 5.73 Å². The van der Waals surface area contributed by atoms with Crippen LogP contribution in [0.5, 0.6) is 0 Å². The van der Waals surface area contributed by atoms with Crippen LogP contribution in [0.2, 0.25) is 0 Å². The molecule has 0 atom stereocenters. The zero-order valence-corrected chi connectivity index (χ0v) is 12.9. The quantitative estimate of drug-likeness (QED) is 0.905. The molecule has 1 aromatic carbocycles. The van der Waals surface area contributed by atoms with Crippen molar-refractivity contribution in [3.8, 4) is 0 Å². The number of hydrogen-bond acceptors (Lipinski definition) is 3. The number of sulfonamides is 1. The van der Waals surface area contributed by atoms with Crippen LogP contribution in [-0.2, 0) is 16.6 Å². The fourth-order valence-electron chi connectivity index (χ4n) is 1.92. The summed E-state index contributed by atoms with van der Waals surface area (Å²) in [6, 6.07) is 3.36. The van der Waals surface area contributed by atoms with Gasteiger partial charge < -0.3 is 5.73 Å². The van der Waals surface area contributed by atoms with Crippen LogP contribution in [-0.4, -0.2) is 31.5 Å². The molecule has 120 valence electrons. The summed E-state index contributed by atoms with van der Waals surface area (Å²) in [6.07, 6.45) is -4.59. The van der Waals surface area contributed by atoms with Gasteiger partial charge in [-0.25, -0.2) is 8.42 Å². The number of aryl methyl sites for hydroxylation is 1. The predicted molar refractivity (Wildman–Crippen MR) is 74.2 cm³/mol. The van der Waals surface area contributed by atoms with E-state index in [1.807, 2.05) is 0 Å². The topological polar surface area (TPSA) is 63.4 Å². The van der Waals surface area contributed by atoms with E-state index in [1.165, 1.54) is 32.0 Å². The Balaban J connectivity index is 3.26. The van der Waals surface area contributed by atoms with Gasteiger partial charge in [-0.05, 0) is 44.0 Å². The highest BCUT2D eigenvalue weighted by Gasteiger charge is 2.38. The molecule has 0 radical (unpaired) electrons. The minimum absolute atomic E-state index is 0.157. The molecule has 0 saturated heterocycles. The van der Waals surface area contributed by atoms with E-state index >= 15 is 0 Å². The Bertz CT molecular complexity index is 598. The highest BCUT2D eigenvalue weighted by molar-refractivity contribution is 7.89. The van der Waals surface area contributed by atoms with E-state index in [0.717, 1.165) is 5.56 Å². The third kappa shape index (κ3) is 4.42. The van der Waals surface area contributed by atoms with E-state index in [0.29, 0.717) is 9.87 Å². The Labute approximate surface area is 122 Å². The lowest BCUT2D eigenvalue weighted by Gasteiger charge is -2.27. The van der Waals surface area contributed by atoms with Crippen molar-refractivity contribution >= 4 is 10.0 Å². The van der Waals surface area contributed by atoms with Gasteiger partial charge in [0.1, 0.15) is 6.54 Å². The van der Waals surface area contributed by atoms with E-state index < -0.39 is 28.8 Å². The van der Waals surface area contributed by atoms with Gasteiger partial charge >= 0.3 is 6.18 Å². The lowest BCUT2D eigenvalue weighted by molar-refractivity contribution is -0.138. The summed E-state index contributed by atoms with van der Waals surface area (Å²) >= 11 is 0. The van der Waals surface area contributed by atoms with Crippen molar-refractivity contribution in [1.82, 2.24) is 4.31 Å². The summed E-state index contributed by atoms with van der Waals surface area (Å²) in [5.41, 5.74) is 6.88. The molecule has 2 N–H and O–H groups in total. The maximum atomic E-state index is 12.6. The Hall–Kier alpha value is -1.12. The average Bonchev–Trinajstić information content (AvgIpc) is 2.34. The second kappa shape index (κ2) is 6.33. The van der Waals surface area contributed by atoms with Crippen LogP contribution in [0, 0.1) is 6.92 Å². The standard InChI is InChI=1S/C13H19F3N2O2S/c1-9(2)18(8-13(14,15)16)21(19,20)12-5-4-11(7-17)10(3)6-12/h4-6,9H,7-8,17H2,1-3H3. The molecule has 0 aliphatic rings. The van der Waals surface area contributed by atoms with Crippen LogP contribution in [0.3, 0.4) is 0 Å². The molecule has 21 heavy (non-hydrogen) atoms. The predicted octanol–water partition coefficient (Wildman–Crippen LogP) is 2.42. The van der Waals surface area contributed by atoms with E-state index in [2.05, 4.69) is 0 Å². The second-order valence-electron chi connectivity index (χ2n) is 5.05. The van der Waals surface area contributed by atoms with Crippen molar-refractivity contribution in [2.75, 3.05) is 6.54 Å². The van der Waals surface area contributed by atoms with E-state index in [1.54, 1.807) is 6.92 Å². The zero-order valence-electron chi connectivity index (χ0n) is 12.1. The van der Waals surface area contributed by atoms with Gasteiger partial charge in [0.25, 0.3) is 0 Å². The van der Waals surface area contributed by atoms with Crippen molar-refractivity contribution in [2.45, 2.75) is 44.4 Å². The fraction of sp³-hybridized carbons (Fsp3) is 0.538. The molecule has 0 heterocycles. The molecule has 0 aromatic heterocycles. The highest BCUT2D eigenvalue weighted by atomic mass is 32.2. The van der Waals surface area contributed by atoms with Crippen LogP contribution < -0.4 is 5.73 Å². The third-order valence-electron chi connectivity index (χ3n) is 3.05. The lowest BCUT2D eigenvalue weighted by atomic mass is 10.1. The normalized spacial score (nSPS) is 13.2. The highest BCUT2D eigenvalue weighted by Crippen LogP contribution is 2.25. The third-order valence-corrected chi connectivity index (χ3v) is 5.07. The number of nitrogens with two attached hydrogens (primary N) is 1. The Morgan fingerprint density at radius 1 is 1.29 bits per heavy atom. The van der Waals surface area contributed by atoms with Gasteiger partial charge in [0, 0.05) is 12.6 Å². The van der Waals surface area contributed by atoms with Crippen LogP contribution >= 0.6 is 0 Å². The minimum atomic E-state index is -4.59. The number of rotatable bonds is 5. The Morgan fingerprint density at radius 3 is 2.24 bits per heavy atom. The summed E-state index contributed by atoms with van der Waals surface area (Å²) in [5, 5.41) is 0. The minimum Gasteiger partial charge on any atom is -0.326 e. The summed E-state index contributed by atoms with van der Waals surface area (Å²) in [5.74, 6) is 0. The van der Waals surface area contributed by atoms with Crippen molar-refractivity contribution < 1.29 is 21.6 Å². The van der Waals surface area contributed by atoms with Crippen molar-refractivity contribution in [3.05, 3.63) is 29.3 Å². The first-order chi connectivity index (χ1) is 9.49. The van der Waals surface area contributed by atoms with Gasteiger partial charge in [-0.15, -0.1) is 0 Å². The van der Waals surface area contributed by atoms with E-state index in [-0.39, 0.29) is 11.4 Å². The first-order valence-corrected chi connectivity index (χ1v) is 7.81. The van der Waals surface area contributed by atoms with Crippen molar-refractivity contribution in [1.29, 1.82) is 0 Å². The maximum absolute atomic E-state index is 12.6. The largest absolute Gasteiger partial charge is 0.402 e. The molecule has 0 unspecified atom stereocenters. The molecule has 1 aromatic rings. The van der Waals surface area contributed by atoms with Crippen LogP contribution in [0.15, 0.2) is 23.1 Å². The SMILES string of the molecule is Cc1cc(S(=O)(=O)N(CC(F)(F)F)C(C)C)ccc1CN. The second-order valence-corrected chi connectivity index (χ2v) is 6.94. The van der Waals surface area contributed by atoms with Gasteiger partial charge in [0.2, 0.25) is 10.0 Å². The zero-order chi connectivity index (χ0) is 16.4. The molecule has 0 amide bonds. The molecular weight excluding hydrogens is 305 g/mol. The van der Waals surface area contributed by atoms with Gasteiger partial charge in [-0.2, -0.15) is 17.5 Å².